The van der Waals surface area contributed by atoms with Crippen LogP contribution in [0.25, 0.3) is 0 Å². The van der Waals surface area contributed by atoms with Crippen LogP contribution >= 0.6 is 0 Å². The van der Waals surface area contributed by atoms with Crippen molar-refractivity contribution in [3.63, 3.8) is 0 Å². The molecule has 4 N–H and O–H groups in total. The van der Waals surface area contributed by atoms with E-state index in [9.17, 15) is 18.0 Å². The van der Waals surface area contributed by atoms with Gasteiger partial charge >= 0.3 is 5.97 Å². The van der Waals surface area contributed by atoms with E-state index in [4.69, 9.17) is 10.2 Å². The second kappa shape index (κ2) is 5.45. The van der Waals surface area contributed by atoms with Crippen LogP contribution < -0.4 is 10.5 Å². The van der Waals surface area contributed by atoms with E-state index >= 15 is 0 Å². The Labute approximate surface area is 122 Å². The van der Waals surface area contributed by atoms with Crippen LogP contribution in [0, 0.1) is 5.41 Å². The minimum atomic E-state index is -3.71. The number of sulfonamides is 1. The average molecular weight is 312 g/mol. The Balaban J connectivity index is 1.87. The number of carboxylic acids is 1. The third-order valence-electron chi connectivity index (χ3n) is 3.55. The number of rotatable bonds is 6. The van der Waals surface area contributed by atoms with E-state index in [-0.39, 0.29) is 4.90 Å². The molecule has 0 saturated heterocycles. The zero-order chi connectivity index (χ0) is 15.7. The van der Waals surface area contributed by atoms with Gasteiger partial charge < -0.3 is 10.4 Å². The van der Waals surface area contributed by atoms with E-state index < -0.39 is 27.3 Å². The van der Waals surface area contributed by atoms with Gasteiger partial charge in [-0.25, -0.2) is 13.6 Å². The molecule has 1 amide bonds. The summed E-state index contributed by atoms with van der Waals surface area (Å²) in [5.41, 5.74) is -0.417. The van der Waals surface area contributed by atoms with Crippen molar-refractivity contribution in [2.75, 3.05) is 6.54 Å². The zero-order valence-electron chi connectivity index (χ0n) is 11.2. The molecule has 0 heterocycles. The Bertz CT molecular complexity index is 662. The molecule has 2 rings (SSSR count). The van der Waals surface area contributed by atoms with Crippen LogP contribution in [0.4, 0.5) is 0 Å². The van der Waals surface area contributed by atoms with Crippen molar-refractivity contribution in [3.8, 4) is 0 Å². The maximum Gasteiger partial charge on any atom is 0.319 e. The number of benzene rings is 1. The zero-order valence-corrected chi connectivity index (χ0v) is 12.0. The molecule has 1 aliphatic carbocycles. The predicted molar refractivity (Wildman–Crippen MR) is 73.8 cm³/mol. The highest BCUT2D eigenvalue weighted by Crippen LogP contribution is 2.45. The average Bonchev–Trinajstić information content (AvgIpc) is 3.19. The number of amides is 1. The van der Waals surface area contributed by atoms with Gasteiger partial charge in [-0.2, -0.15) is 0 Å². The molecule has 8 heteroatoms. The third-order valence-corrected chi connectivity index (χ3v) is 4.47. The van der Waals surface area contributed by atoms with Crippen molar-refractivity contribution in [2.24, 2.45) is 10.6 Å². The monoisotopic (exact) mass is 312 g/mol. The third kappa shape index (κ3) is 3.40. The van der Waals surface area contributed by atoms with Crippen LogP contribution in [0.15, 0.2) is 29.2 Å². The molecule has 1 fully saturated rings. The number of carbonyl (C=O) groups is 2. The first kappa shape index (κ1) is 15.5. The van der Waals surface area contributed by atoms with Gasteiger partial charge in [-0.3, -0.25) is 9.59 Å². The molecule has 1 aliphatic rings. The Morgan fingerprint density at radius 1 is 1.24 bits per heavy atom. The van der Waals surface area contributed by atoms with Gasteiger partial charge in [-0.1, -0.05) is 12.1 Å². The SMILES string of the molecule is NS(=O)(=O)c1ccc(CCNC(=O)C2(C(=O)O)CC2)cc1. The van der Waals surface area contributed by atoms with Crippen molar-refractivity contribution in [2.45, 2.75) is 24.2 Å². The number of carboxylic acid groups (broad SMARTS) is 1. The highest BCUT2D eigenvalue weighted by molar-refractivity contribution is 7.89. The standard InChI is InChI=1S/C13H16N2O5S/c14-21(19,20)10-3-1-9(2-4-10)5-8-15-11(16)13(6-7-13)12(17)18/h1-4H,5-8H2,(H,15,16)(H,17,18)(H2,14,19,20). The molecular formula is C13H16N2O5S. The summed E-state index contributed by atoms with van der Waals surface area (Å²) >= 11 is 0. The second-order valence-corrected chi connectivity index (χ2v) is 6.64. The van der Waals surface area contributed by atoms with Gasteiger partial charge in [-0.15, -0.1) is 0 Å². The smallest absolute Gasteiger partial charge is 0.319 e. The number of hydrogen-bond donors (Lipinski definition) is 3. The van der Waals surface area contributed by atoms with Gasteiger partial charge in [0.25, 0.3) is 0 Å². The van der Waals surface area contributed by atoms with Crippen molar-refractivity contribution in [1.29, 1.82) is 0 Å². The van der Waals surface area contributed by atoms with E-state index in [1.807, 2.05) is 0 Å². The molecule has 1 saturated carbocycles. The Kier molecular flexibility index (Phi) is 4.02. The highest BCUT2D eigenvalue weighted by Gasteiger charge is 2.56. The topological polar surface area (TPSA) is 127 Å². The first-order valence-corrected chi connectivity index (χ1v) is 7.94. The van der Waals surface area contributed by atoms with Gasteiger partial charge in [0.2, 0.25) is 15.9 Å². The van der Waals surface area contributed by atoms with Crippen molar-refractivity contribution in [3.05, 3.63) is 29.8 Å². The van der Waals surface area contributed by atoms with Gasteiger partial charge in [0.15, 0.2) is 0 Å². The lowest BCUT2D eigenvalue weighted by Gasteiger charge is -2.10. The quantitative estimate of drug-likeness (QED) is 0.630. The summed E-state index contributed by atoms with van der Waals surface area (Å²) in [4.78, 5) is 22.7. The lowest BCUT2D eigenvalue weighted by Crippen LogP contribution is -2.37. The fraction of sp³-hybridized carbons (Fsp3) is 0.385. The van der Waals surface area contributed by atoms with Crippen molar-refractivity contribution < 1.29 is 23.1 Å². The summed E-state index contributed by atoms with van der Waals surface area (Å²) in [6.07, 6.45) is 1.22. The number of carbonyl (C=O) groups excluding carboxylic acids is 1. The molecule has 0 atom stereocenters. The largest absolute Gasteiger partial charge is 0.480 e. The fourth-order valence-corrected chi connectivity index (χ4v) is 2.51. The van der Waals surface area contributed by atoms with Gasteiger partial charge in [0, 0.05) is 6.54 Å². The molecule has 7 nitrogen and oxygen atoms in total. The first-order valence-electron chi connectivity index (χ1n) is 6.39. The molecule has 0 aromatic heterocycles. The molecule has 0 aliphatic heterocycles. The van der Waals surface area contributed by atoms with Gasteiger partial charge in [0.05, 0.1) is 4.90 Å². The number of nitrogens with two attached hydrogens (primary N) is 1. The molecule has 0 radical (unpaired) electrons. The Hall–Kier alpha value is -1.93. The van der Waals surface area contributed by atoms with E-state index in [0.29, 0.717) is 25.8 Å². The van der Waals surface area contributed by atoms with Gasteiger partial charge in [-0.05, 0) is 37.0 Å². The van der Waals surface area contributed by atoms with Gasteiger partial charge in [0.1, 0.15) is 5.41 Å². The molecule has 0 bridgehead atoms. The van der Waals surface area contributed by atoms with Crippen LogP contribution in [0.3, 0.4) is 0 Å². The summed E-state index contributed by atoms with van der Waals surface area (Å²) in [5, 5.41) is 16.6. The summed E-state index contributed by atoms with van der Waals surface area (Å²) in [6.45, 7) is 0.294. The molecule has 1 aromatic rings. The highest BCUT2D eigenvalue weighted by atomic mass is 32.2. The second-order valence-electron chi connectivity index (χ2n) is 5.08. The molecule has 0 unspecified atom stereocenters. The lowest BCUT2D eigenvalue weighted by atomic mass is 10.1. The van der Waals surface area contributed by atoms with E-state index in [0.717, 1.165) is 5.56 Å². The summed E-state index contributed by atoms with van der Waals surface area (Å²) in [6, 6.07) is 6.00. The van der Waals surface area contributed by atoms with E-state index in [1.54, 1.807) is 12.1 Å². The fourth-order valence-electron chi connectivity index (χ4n) is 2.00. The van der Waals surface area contributed by atoms with Crippen LogP contribution in [-0.4, -0.2) is 31.9 Å². The summed E-state index contributed by atoms with van der Waals surface area (Å²) in [5.74, 6) is -1.55. The van der Waals surface area contributed by atoms with E-state index in [2.05, 4.69) is 5.32 Å². The number of hydrogen-bond acceptors (Lipinski definition) is 4. The number of primary sulfonamides is 1. The van der Waals surface area contributed by atoms with E-state index in [1.165, 1.54) is 12.1 Å². The predicted octanol–water partition coefficient (Wildman–Crippen LogP) is -0.143. The maximum atomic E-state index is 11.8. The van der Waals surface area contributed by atoms with Crippen LogP contribution in [0.5, 0.6) is 0 Å². The first-order chi connectivity index (χ1) is 9.75. The molecule has 21 heavy (non-hydrogen) atoms. The molecule has 0 spiro atoms. The Morgan fingerprint density at radius 3 is 2.24 bits per heavy atom. The van der Waals surface area contributed by atoms with Crippen LogP contribution in [-0.2, 0) is 26.0 Å². The van der Waals surface area contributed by atoms with Crippen LogP contribution in [0.1, 0.15) is 18.4 Å². The molecule has 114 valence electrons. The number of aliphatic carboxylic acids is 1. The minimum absolute atomic E-state index is 0.0260. The molecule has 1 aromatic carbocycles. The molecular weight excluding hydrogens is 296 g/mol. The van der Waals surface area contributed by atoms with Crippen molar-refractivity contribution >= 4 is 21.9 Å². The normalized spacial score (nSPS) is 16.2. The lowest BCUT2D eigenvalue weighted by molar-refractivity contribution is -0.149. The van der Waals surface area contributed by atoms with Crippen LogP contribution in [0.2, 0.25) is 0 Å². The summed E-state index contributed by atoms with van der Waals surface area (Å²) in [7, 11) is -3.71. The minimum Gasteiger partial charge on any atom is -0.480 e. The summed E-state index contributed by atoms with van der Waals surface area (Å²) < 4.78 is 22.2. The Morgan fingerprint density at radius 2 is 1.81 bits per heavy atom. The maximum absolute atomic E-state index is 11.8. The van der Waals surface area contributed by atoms with Crippen molar-refractivity contribution in [1.82, 2.24) is 5.32 Å². The number of nitrogens with one attached hydrogen (secondary N) is 1.